The van der Waals surface area contributed by atoms with Crippen molar-refractivity contribution in [3.63, 3.8) is 0 Å². The molecule has 1 amide bonds. The highest BCUT2D eigenvalue weighted by Gasteiger charge is 2.61. The van der Waals surface area contributed by atoms with Gasteiger partial charge in [0.05, 0.1) is 11.2 Å². The molecule has 0 aromatic rings. The molecule has 4 nitrogen and oxygen atoms in total. The van der Waals surface area contributed by atoms with Crippen molar-refractivity contribution in [2.75, 3.05) is 0 Å². The number of hydrogen-bond acceptors (Lipinski definition) is 3. The molecule has 0 aliphatic carbocycles. The SMILES string of the molecule is CCC(C)NC1(C(N)=O)CC(C)(C)OC1(C)C. The van der Waals surface area contributed by atoms with Crippen LogP contribution in [-0.2, 0) is 9.53 Å². The summed E-state index contributed by atoms with van der Waals surface area (Å²) in [5.74, 6) is -0.326. The zero-order valence-electron chi connectivity index (χ0n) is 11.9. The van der Waals surface area contributed by atoms with E-state index in [1.165, 1.54) is 0 Å². The Balaban J connectivity index is 3.11. The fourth-order valence-corrected chi connectivity index (χ4v) is 2.87. The second kappa shape index (κ2) is 4.25. The maximum atomic E-state index is 12.0. The molecule has 1 fully saturated rings. The van der Waals surface area contributed by atoms with Crippen molar-refractivity contribution in [1.82, 2.24) is 5.32 Å². The fraction of sp³-hybridized carbons (Fsp3) is 0.923. The van der Waals surface area contributed by atoms with Crippen LogP contribution in [0.3, 0.4) is 0 Å². The predicted molar refractivity (Wildman–Crippen MR) is 68.7 cm³/mol. The smallest absolute Gasteiger partial charge is 0.240 e. The van der Waals surface area contributed by atoms with Crippen LogP contribution in [0.4, 0.5) is 0 Å². The van der Waals surface area contributed by atoms with E-state index < -0.39 is 11.1 Å². The van der Waals surface area contributed by atoms with Gasteiger partial charge in [-0.2, -0.15) is 0 Å². The first-order valence-electron chi connectivity index (χ1n) is 6.34. The van der Waals surface area contributed by atoms with Crippen molar-refractivity contribution in [2.24, 2.45) is 5.73 Å². The van der Waals surface area contributed by atoms with Gasteiger partial charge in [-0.1, -0.05) is 6.92 Å². The lowest BCUT2D eigenvalue weighted by atomic mass is 9.77. The normalized spacial score (nSPS) is 32.4. The van der Waals surface area contributed by atoms with Crippen molar-refractivity contribution in [1.29, 1.82) is 0 Å². The second-order valence-corrected chi connectivity index (χ2v) is 6.27. The van der Waals surface area contributed by atoms with E-state index >= 15 is 0 Å². The van der Waals surface area contributed by atoms with E-state index in [9.17, 15) is 4.79 Å². The third-order valence-corrected chi connectivity index (χ3v) is 3.78. The minimum Gasteiger partial charge on any atom is -0.368 e. The molecule has 4 heteroatoms. The summed E-state index contributed by atoms with van der Waals surface area (Å²) in [6, 6.07) is 0.235. The highest BCUT2D eigenvalue weighted by Crippen LogP contribution is 2.45. The number of ether oxygens (including phenoxy) is 1. The molecule has 0 bridgehead atoms. The molecule has 0 saturated carbocycles. The number of hydrogen-bond donors (Lipinski definition) is 2. The first-order valence-corrected chi connectivity index (χ1v) is 6.34. The van der Waals surface area contributed by atoms with Crippen LogP contribution in [0.5, 0.6) is 0 Å². The van der Waals surface area contributed by atoms with E-state index in [4.69, 9.17) is 10.5 Å². The number of amides is 1. The van der Waals surface area contributed by atoms with Crippen molar-refractivity contribution in [3.8, 4) is 0 Å². The van der Waals surface area contributed by atoms with Crippen molar-refractivity contribution in [2.45, 2.75) is 77.2 Å². The molecular weight excluding hydrogens is 216 g/mol. The molecule has 1 heterocycles. The van der Waals surface area contributed by atoms with Crippen LogP contribution in [0.15, 0.2) is 0 Å². The quantitative estimate of drug-likeness (QED) is 0.786. The zero-order valence-corrected chi connectivity index (χ0v) is 11.9. The Morgan fingerprint density at radius 3 is 2.24 bits per heavy atom. The van der Waals surface area contributed by atoms with E-state index in [0.717, 1.165) is 6.42 Å². The maximum Gasteiger partial charge on any atom is 0.240 e. The summed E-state index contributed by atoms with van der Waals surface area (Å²) in [5, 5.41) is 3.39. The third kappa shape index (κ3) is 2.47. The zero-order chi connectivity index (χ0) is 13.5. The van der Waals surface area contributed by atoms with E-state index in [1.54, 1.807) is 0 Å². The van der Waals surface area contributed by atoms with Gasteiger partial charge in [-0.15, -0.1) is 0 Å². The molecule has 1 saturated heterocycles. The van der Waals surface area contributed by atoms with Crippen LogP contribution in [0.1, 0.15) is 54.4 Å². The number of primary amides is 1. The molecule has 2 unspecified atom stereocenters. The summed E-state index contributed by atoms with van der Waals surface area (Å²) < 4.78 is 6.00. The van der Waals surface area contributed by atoms with Crippen LogP contribution in [0.25, 0.3) is 0 Å². The predicted octanol–water partition coefficient (Wildman–Crippen LogP) is 1.58. The van der Waals surface area contributed by atoms with Gasteiger partial charge in [0, 0.05) is 12.5 Å². The summed E-state index contributed by atoms with van der Waals surface area (Å²) in [4.78, 5) is 12.0. The second-order valence-electron chi connectivity index (χ2n) is 6.27. The summed E-state index contributed by atoms with van der Waals surface area (Å²) in [7, 11) is 0. The molecular formula is C13H26N2O2. The highest BCUT2D eigenvalue weighted by atomic mass is 16.5. The molecule has 1 rings (SSSR count). The average molecular weight is 242 g/mol. The highest BCUT2D eigenvalue weighted by molar-refractivity contribution is 5.87. The van der Waals surface area contributed by atoms with Crippen LogP contribution < -0.4 is 11.1 Å². The molecule has 0 spiro atoms. The van der Waals surface area contributed by atoms with Crippen molar-refractivity contribution >= 4 is 5.91 Å². The summed E-state index contributed by atoms with van der Waals surface area (Å²) in [6.45, 7) is 12.0. The first-order chi connectivity index (χ1) is 7.56. The molecule has 0 radical (unpaired) electrons. The van der Waals surface area contributed by atoms with Crippen LogP contribution in [0, 0.1) is 0 Å². The van der Waals surface area contributed by atoms with Gasteiger partial charge in [0.25, 0.3) is 0 Å². The van der Waals surface area contributed by atoms with Gasteiger partial charge < -0.3 is 10.5 Å². The molecule has 1 aliphatic heterocycles. The molecule has 0 aromatic carbocycles. The van der Waals surface area contributed by atoms with Gasteiger partial charge in [-0.05, 0) is 41.0 Å². The van der Waals surface area contributed by atoms with Crippen molar-refractivity contribution in [3.05, 3.63) is 0 Å². The van der Waals surface area contributed by atoms with Gasteiger partial charge in [0.2, 0.25) is 5.91 Å². The van der Waals surface area contributed by atoms with Crippen LogP contribution in [0.2, 0.25) is 0 Å². The number of nitrogens with one attached hydrogen (secondary N) is 1. The number of carbonyl (C=O) groups is 1. The molecule has 0 aromatic heterocycles. The van der Waals surface area contributed by atoms with Gasteiger partial charge in [-0.3, -0.25) is 10.1 Å². The Hall–Kier alpha value is -0.610. The fourth-order valence-electron chi connectivity index (χ4n) is 2.87. The number of carbonyl (C=O) groups excluding carboxylic acids is 1. The monoisotopic (exact) mass is 242 g/mol. The lowest BCUT2D eigenvalue weighted by Gasteiger charge is -2.39. The number of rotatable bonds is 4. The summed E-state index contributed by atoms with van der Waals surface area (Å²) >= 11 is 0. The minimum absolute atomic E-state index is 0.235. The topological polar surface area (TPSA) is 64.3 Å². The lowest BCUT2D eigenvalue weighted by molar-refractivity contribution is -0.134. The van der Waals surface area contributed by atoms with Gasteiger partial charge in [0.1, 0.15) is 5.54 Å². The summed E-state index contributed by atoms with van der Waals surface area (Å²) in [5.41, 5.74) is 3.94. The molecule has 3 N–H and O–H groups in total. The molecule has 2 atom stereocenters. The van der Waals surface area contributed by atoms with Gasteiger partial charge >= 0.3 is 0 Å². The lowest BCUT2D eigenvalue weighted by Crippen LogP contribution is -2.66. The standard InChI is InChI=1S/C13H26N2O2/c1-7-9(2)15-13(10(14)16)8-11(3,4)17-12(13,5)6/h9,15H,7-8H2,1-6H3,(H2,14,16). The van der Waals surface area contributed by atoms with Crippen LogP contribution in [-0.4, -0.2) is 28.7 Å². The summed E-state index contributed by atoms with van der Waals surface area (Å²) in [6.07, 6.45) is 1.55. The van der Waals surface area contributed by atoms with Crippen LogP contribution >= 0.6 is 0 Å². The Morgan fingerprint density at radius 2 is 1.94 bits per heavy atom. The van der Waals surface area contributed by atoms with E-state index in [0.29, 0.717) is 6.42 Å². The largest absolute Gasteiger partial charge is 0.368 e. The van der Waals surface area contributed by atoms with Crippen molar-refractivity contribution < 1.29 is 9.53 Å². The minimum atomic E-state index is -0.786. The molecule has 1 aliphatic rings. The number of nitrogens with two attached hydrogens (primary N) is 1. The van der Waals surface area contributed by atoms with E-state index in [2.05, 4.69) is 19.2 Å². The Kier molecular flexibility index (Phi) is 3.61. The third-order valence-electron chi connectivity index (χ3n) is 3.78. The molecule has 17 heavy (non-hydrogen) atoms. The van der Waals surface area contributed by atoms with Gasteiger partial charge in [0.15, 0.2) is 0 Å². The maximum absolute atomic E-state index is 12.0. The van der Waals surface area contributed by atoms with E-state index in [1.807, 2.05) is 27.7 Å². The van der Waals surface area contributed by atoms with E-state index in [-0.39, 0.29) is 17.6 Å². The Morgan fingerprint density at radius 1 is 1.41 bits per heavy atom. The average Bonchev–Trinajstić information content (AvgIpc) is 2.31. The Bertz CT molecular complexity index is 313. The first kappa shape index (κ1) is 14.5. The van der Waals surface area contributed by atoms with Gasteiger partial charge in [-0.25, -0.2) is 0 Å². The molecule has 100 valence electrons. The Labute approximate surface area is 104 Å².